The molecule has 0 fully saturated rings. The smallest absolute Gasteiger partial charge is 0.125 e. The van der Waals surface area contributed by atoms with Crippen LogP contribution in [-0.4, -0.2) is 31.6 Å². The number of hydrogen-bond acceptors (Lipinski definition) is 2. The molecule has 0 bridgehead atoms. The summed E-state index contributed by atoms with van der Waals surface area (Å²) in [5, 5.41) is 3.82. The van der Waals surface area contributed by atoms with Crippen molar-refractivity contribution in [1.29, 1.82) is 0 Å². The van der Waals surface area contributed by atoms with Gasteiger partial charge >= 0.3 is 0 Å². The standard InChI is InChI=1S/C15H24ClFN2/c1-11(2)5-15(19(3)4)10-18-9-12-6-13(16)8-14(17)7-12/h6-8,11,15,18H,5,9-10H2,1-4H3. The van der Waals surface area contributed by atoms with Crippen molar-refractivity contribution in [3.05, 3.63) is 34.6 Å². The quantitative estimate of drug-likeness (QED) is 0.825. The highest BCUT2D eigenvalue weighted by Gasteiger charge is 2.12. The first-order valence-corrected chi connectivity index (χ1v) is 7.08. The lowest BCUT2D eigenvalue weighted by Crippen LogP contribution is -2.38. The van der Waals surface area contributed by atoms with Crippen molar-refractivity contribution < 1.29 is 4.39 Å². The van der Waals surface area contributed by atoms with Crippen LogP contribution >= 0.6 is 11.6 Å². The molecule has 19 heavy (non-hydrogen) atoms. The van der Waals surface area contributed by atoms with Crippen LogP contribution in [0.5, 0.6) is 0 Å². The first-order chi connectivity index (χ1) is 8.88. The molecule has 0 aliphatic rings. The van der Waals surface area contributed by atoms with Crippen molar-refractivity contribution in [2.45, 2.75) is 32.9 Å². The summed E-state index contributed by atoms with van der Waals surface area (Å²) in [6, 6.07) is 5.13. The Balaban J connectivity index is 2.47. The number of likely N-dealkylation sites (N-methyl/N-ethyl adjacent to an activating group) is 1. The molecule has 0 spiro atoms. The number of halogens is 2. The highest BCUT2D eigenvalue weighted by Crippen LogP contribution is 2.14. The van der Waals surface area contributed by atoms with Crippen molar-refractivity contribution in [3.8, 4) is 0 Å². The van der Waals surface area contributed by atoms with E-state index in [0.717, 1.165) is 18.5 Å². The minimum Gasteiger partial charge on any atom is -0.311 e. The van der Waals surface area contributed by atoms with Crippen LogP contribution in [0.15, 0.2) is 18.2 Å². The number of benzene rings is 1. The van der Waals surface area contributed by atoms with Gasteiger partial charge in [0.05, 0.1) is 0 Å². The van der Waals surface area contributed by atoms with E-state index >= 15 is 0 Å². The molecule has 0 heterocycles. The molecule has 1 N–H and O–H groups in total. The third-order valence-corrected chi connectivity index (χ3v) is 3.32. The molecule has 1 rings (SSSR count). The molecular formula is C15H24ClFN2. The summed E-state index contributed by atoms with van der Waals surface area (Å²) in [6.45, 7) is 5.98. The van der Waals surface area contributed by atoms with Gasteiger partial charge in [-0.3, -0.25) is 0 Å². The molecule has 0 aromatic heterocycles. The molecule has 1 aromatic carbocycles. The fourth-order valence-corrected chi connectivity index (χ4v) is 2.36. The highest BCUT2D eigenvalue weighted by molar-refractivity contribution is 6.30. The number of nitrogens with one attached hydrogen (secondary N) is 1. The molecule has 0 radical (unpaired) electrons. The molecule has 0 saturated heterocycles. The first-order valence-electron chi connectivity index (χ1n) is 6.70. The van der Waals surface area contributed by atoms with Gasteiger partial charge in [0.2, 0.25) is 0 Å². The molecule has 108 valence electrons. The Labute approximate surface area is 120 Å². The molecule has 2 nitrogen and oxygen atoms in total. The van der Waals surface area contributed by atoms with Crippen molar-refractivity contribution in [2.24, 2.45) is 5.92 Å². The molecule has 1 aromatic rings. The SMILES string of the molecule is CC(C)CC(CNCc1cc(F)cc(Cl)c1)N(C)C. The van der Waals surface area contributed by atoms with E-state index in [2.05, 4.69) is 38.2 Å². The van der Waals surface area contributed by atoms with Crippen molar-refractivity contribution >= 4 is 11.6 Å². The van der Waals surface area contributed by atoms with E-state index in [1.165, 1.54) is 12.1 Å². The van der Waals surface area contributed by atoms with Gasteiger partial charge in [-0.1, -0.05) is 25.4 Å². The number of rotatable bonds is 7. The molecule has 0 aliphatic heterocycles. The van der Waals surface area contributed by atoms with Gasteiger partial charge in [-0.15, -0.1) is 0 Å². The molecule has 1 unspecified atom stereocenters. The maximum Gasteiger partial charge on any atom is 0.125 e. The Morgan fingerprint density at radius 1 is 1.26 bits per heavy atom. The Hall–Kier alpha value is -0.640. The molecule has 0 aliphatic carbocycles. The van der Waals surface area contributed by atoms with Crippen molar-refractivity contribution in [3.63, 3.8) is 0 Å². The molecule has 4 heteroatoms. The van der Waals surface area contributed by atoms with E-state index in [4.69, 9.17) is 11.6 Å². The molecule has 0 saturated carbocycles. The predicted molar refractivity (Wildman–Crippen MR) is 80.0 cm³/mol. The van der Waals surface area contributed by atoms with Crippen molar-refractivity contribution in [2.75, 3.05) is 20.6 Å². The largest absolute Gasteiger partial charge is 0.311 e. The summed E-state index contributed by atoms with van der Waals surface area (Å²) in [7, 11) is 4.18. The van der Waals surface area contributed by atoms with Gasteiger partial charge < -0.3 is 10.2 Å². The van der Waals surface area contributed by atoms with Gasteiger partial charge in [0.1, 0.15) is 5.82 Å². The Kier molecular flexibility index (Phi) is 6.76. The van der Waals surface area contributed by atoms with Crippen LogP contribution in [0.4, 0.5) is 4.39 Å². The lowest BCUT2D eigenvalue weighted by molar-refractivity contribution is 0.246. The summed E-state index contributed by atoms with van der Waals surface area (Å²) in [5.41, 5.74) is 0.882. The van der Waals surface area contributed by atoms with Gasteiger partial charge in [0.25, 0.3) is 0 Å². The Morgan fingerprint density at radius 3 is 2.47 bits per heavy atom. The monoisotopic (exact) mass is 286 g/mol. The van der Waals surface area contributed by atoms with Crippen LogP contribution in [0.2, 0.25) is 5.02 Å². The molecular weight excluding hydrogens is 263 g/mol. The zero-order valence-corrected chi connectivity index (χ0v) is 13.0. The van der Waals surface area contributed by atoms with Gasteiger partial charge in [0, 0.05) is 24.2 Å². The number of hydrogen-bond donors (Lipinski definition) is 1. The average molecular weight is 287 g/mol. The normalized spacial score (nSPS) is 13.3. The fraction of sp³-hybridized carbons (Fsp3) is 0.600. The van der Waals surface area contributed by atoms with Crippen LogP contribution < -0.4 is 5.32 Å². The van der Waals surface area contributed by atoms with E-state index in [1.807, 2.05) is 0 Å². The molecule has 0 amide bonds. The second-order valence-electron chi connectivity index (χ2n) is 5.66. The van der Waals surface area contributed by atoms with E-state index in [0.29, 0.717) is 23.5 Å². The second kappa shape index (κ2) is 7.83. The predicted octanol–water partition coefficient (Wildman–Crippen LogP) is 3.55. The average Bonchev–Trinajstić information content (AvgIpc) is 2.25. The minimum atomic E-state index is -0.282. The fourth-order valence-electron chi connectivity index (χ4n) is 2.12. The van der Waals surface area contributed by atoms with E-state index < -0.39 is 0 Å². The zero-order chi connectivity index (χ0) is 14.4. The summed E-state index contributed by atoms with van der Waals surface area (Å²) in [5.74, 6) is 0.383. The van der Waals surface area contributed by atoms with Crippen LogP contribution in [0.1, 0.15) is 25.8 Å². The van der Waals surface area contributed by atoms with Gasteiger partial charge in [-0.2, -0.15) is 0 Å². The molecule has 1 atom stereocenters. The van der Waals surface area contributed by atoms with Crippen LogP contribution in [0.25, 0.3) is 0 Å². The van der Waals surface area contributed by atoms with Gasteiger partial charge in [-0.25, -0.2) is 4.39 Å². The summed E-state index contributed by atoms with van der Waals surface area (Å²) >= 11 is 5.83. The van der Waals surface area contributed by atoms with E-state index in [1.54, 1.807) is 6.07 Å². The highest BCUT2D eigenvalue weighted by atomic mass is 35.5. The topological polar surface area (TPSA) is 15.3 Å². The number of nitrogens with zero attached hydrogens (tertiary/aromatic N) is 1. The van der Waals surface area contributed by atoms with Crippen LogP contribution in [-0.2, 0) is 6.54 Å². The lowest BCUT2D eigenvalue weighted by Gasteiger charge is -2.26. The Bertz CT molecular complexity index is 373. The second-order valence-corrected chi connectivity index (χ2v) is 6.09. The lowest BCUT2D eigenvalue weighted by atomic mass is 10.0. The Morgan fingerprint density at radius 2 is 1.95 bits per heavy atom. The first kappa shape index (κ1) is 16.4. The van der Waals surface area contributed by atoms with E-state index in [9.17, 15) is 4.39 Å². The van der Waals surface area contributed by atoms with Gasteiger partial charge in [-0.05, 0) is 50.2 Å². The van der Waals surface area contributed by atoms with E-state index in [-0.39, 0.29) is 5.82 Å². The maximum absolute atomic E-state index is 13.2. The summed E-state index contributed by atoms with van der Waals surface area (Å²) in [4.78, 5) is 2.23. The third kappa shape index (κ3) is 6.37. The van der Waals surface area contributed by atoms with Crippen LogP contribution in [0, 0.1) is 11.7 Å². The van der Waals surface area contributed by atoms with Crippen molar-refractivity contribution in [1.82, 2.24) is 10.2 Å². The third-order valence-electron chi connectivity index (χ3n) is 3.11. The minimum absolute atomic E-state index is 0.282. The summed E-state index contributed by atoms with van der Waals surface area (Å²) < 4.78 is 13.2. The van der Waals surface area contributed by atoms with Gasteiger partial charge in [0.15, 0.2) is 0 Å². The maximum atomic E-state index is 13.2. The summed E-state index contributed by atoms with van der Waals surface area (Å²) in [6.07, 6.45) is 1.14. The zero-order valence-electron chi connectivity index (χ0n) is 12.2. The van der Waals surface area contributed by atoms with Crippen LogP contribution in [0.3, 0.4) is 0 Å².